The number of piperidine rings is 1. The van der Waals surface area contributed by atoms with Gasteiger partial charge in [-0.1, -0.05) is 12.1 Å². The second kappa shape index (κ2) is 15.5. The first-order valence-electron chi connectivity index (χ1n) is 14.0. The predicted molar refractivity (Wildman–Crippen MR) is 152 cm³/mol. The molecule has 2 fully saturated rings. The van der Waals surface area contributed by atoms with Gasteiger partial charge >= 0.3 is 49.6 Å². The monoisotopic (exact) mass is 700 g/mol. The Morgan fingerprint density at radius 1 is 1.04 bits per heavy atom. The maximum absolute atomic E-state index is 14.5. The third-order valence-corrected chi connectivity index (χ3v) is 7.78. The third kappa shape index (κ3) is 9.78. The van der Waals surface area contributed by atoms with Crippen molar-refractivity contribution in [3.8, 4) is 0 Å². The quantitative estimate of drug-likeness (QED) is 0.126. The second-order valence-electron chi connectivity index (χ2n) is 10.9. The minimum atomic E-state index is -4.73. The van der Waals surface area contributed by atoms with E-state index in [4.69, 9.17) is 19.2 Å². The Morgan fingerprint density at radius 2 is 1.68 bits per heavy atom. The maximum Gasteiger partial charge on any atom is 1.00 e. The number of carbonyl (C=O) groups excluding carboxylic acids is 2. The van der Waals surface area contributed by atoms with Crippen LogP contribution in [0.15, 0.2) is 41.3 Å². The van der Waals surface area contributed by atoms with Crippen molar-refractivity contribution in [2.45, 2.75) is 49.9 Å². The summed E-state index contributed by atoms with van der Waals surface area (Å²) in [5.41, 5.74) is 0.602. The molecule has 0 aliphatic carbocycles. The molecule has 47 heavy (non-hydrogen) atoms. The first-order valence-corrected chi connectivity index (χ1v) is 15.5. The Balaban J connectivity index is 0.000000930. The minimum Gasteiger partial charge on any atom is -0.418 e. The average molecular weight is 701 g/mol. The molecule has 5 rings (SSSR count). The Morgan fingerprint density at radius 3 is 2.30 bits per heavy atom. The standard InChI is InChI=1S/C27H28F5N6O3.Na.H3O4P/c1-35-23-21(6-3-11-33-23)38(26(35)41)17-9-12-36(13-10-17)25(40)34-20-8-7-16(18-4-2-5-19(28)22(18)29)14-37(24(20)39)15-27(30,31)32;;1-5(2,3)4/h2-6,11,16-17,20H,1,7-10,12-15H2,(H,34,40);;(H3,1,2,3,4)/q-1;+1;/t16-,20-;;/m1../s1. The van der Waals surface area contributed by atoms with Crippen molar-refractivity contribution in [1.29, 1.82) is 0 Å². The predicted octanol–water partition coefficient (Wildman–Crippen LogP) is -0.125. The number of hydrogen-bond donors (Lipinski definition) is 4. The number of alkyl halides is 3. The number of pyridine rings is 1. The summed E-state index contributed by atoms with van der Waals surface area (Å²) < 4.78 is 80.1. The molecule has 4 heterocycles. The van der Waals surface area contributed by atoms with Crippen LogP contribution in [-0.2, 0) is 9.36 Å². The number of hydrogen-bond acceptors (Lipinski definition) is 5. The Hall–Kier alpha value is -2.99. The van der Waals surface area contributed by atoms with Crippen molar-refractivity contribution in [2.24, 2.45) is 0 Å². The number of halogens is 5. The number of amides is 3. The van der Waals surface area contributed by atoms with Crippen LogP contribution in [0.4, 0.5) is 26.7 Å². The van der Waals surface area contributed by atoms with Gasteiger partial charge in [0.25, 0.3) is 0 Å². The number of urea groups is 1. The summed E-state index contributed by atoms with van der Waals surface area (Å²) in [4.78, 5) is 66.8. The SMILES string of the molecule is O=P(O)(O)O.[CH2-]n1c(=O)n(C2CCN(C(=O)N[C@@H]3CC[C@@H](c4cccc(F)c4F)CN(CC(F)(F)F)C3=O)CC2)c2cccnc21.[Na+]. The molecule has 3 aromatic rings. The molecule has 20 heteroatoms. The van der Waals surface area contributed by atoms with Gasteiger partial charge in [-0.2, -0.15) is 13.2 Å². The summed E-state index contributed by atoms with van der Waals surface area (Å²) in [7, 11) is -0.890. The van der Waals surface area contributed by atoms with Crippen LogP contribution in [-0.4, -0.2) is 88.9 Å². The summed E-state index contributed by atoms with van der Waals surface area (Å²) in [6.07, 6.45) is -2.34. The van der Waals surface area contributed by atoms with Crippen LogP contribution in [0.1, 0.15) is 43.2 Å². The first-order chi connectivity index (χ1) is 21.4. The van der Waals surface area contributed by atoms with E-state index in [1.165, 1.54) is 21.6 Å². The smallest absolute Gasteiger partial charge is 0.418 e. The number of nitrogens with zero attached hydrogens (tertiary/aromatic N) is 5. The first kappa shape index (κ1) is 38.5. The number of likely N-dealkylation sites (tertiary alicyclic amines) is 2. The summed E-state index contributed by atoms with van der Waals surface area (Å²) >= 11 is 0. The van der Waals surface area contributed by atoms with Gasteiger partial charge in [0.15, 0.2) is 11.6 Å². The van der Waals surface area contributed by atoms with Crippen LogP contribution < -0.4 is 40.6 Å². The van der Waals surface area contributed by atoms with Gasteiger partial charge in [-0.05, 0) is 49.4 Å². The fourth-order valence-corrected chi connectivity index (χ4v) is 5.77. The Bertz CT molecular complexity index is 1680. The zero-order valence-corrected chi connectivity index (χ0v) is 28.0. The zero-order chi connectivity index (χ0) is 34.0. The normalized spacial score (nSPS) is 19.4. The van der Waals surface area contributed by atoms with Crippen molar-refractivity contribution in [3.63, 3.8) is 0 Å². The van der Waals surface area contributed by atoms with Crippen LogP contribution in [0, 0.1) is 18.7 Å². The molecule has 252 valence electrons. The van der Waals surface area contributed by atoms with E-state index in [0.717, 1.165) is 6.07 Å². The van der Waals surface area contributed by atoms with E-state index in [2.05, 4.69) is 17.3 Å². The third-order valence-electron chi connectivity index (χ3n) is 7.78. The van der Waals surface area contributed by atoms with Gasteiger partial charge in [0.1, 0.15) is 12.6 Å². The van der Waals surface area contributed by atoms with Gasteiger partial charge in [0, 0.05) is 43.3 Å². The van der Waals surface area contributed by atoms with E-state index in [1.54, 1.807) is 22.9 Å². The molecule has 2 aromatic heterocycles. The van der Waals surface area contributed by atoms with Crippen LogP contribution in [0.25, 0.3) is 11.2 Å². The van der Waals surface area contributed by atoms with Crippen LogP contribution >= 0.6 is 7.82 Å². The van der Waals surface area contributed by atoms with Gasteiger partial charge < -0.3 is 48.7 Å². The number of carbonyl (C=O) groups is 2. The molecule has 0 radical (unpaired) electrons. The van der Waals surface area contributed by atoms with E-state index >= 15 is 0 Å². The molecule has 13 nitrogen and oxygen atoms in total. The van der Waals surface area contributed by atoms with Crippen molar-refractivity contribution < 1.29 is 80.3 Å². The number of rotatable bonds is 4. The number of nitrogens with one attached hydrogen (secondary N) is 1. The number of phosphoric acid groups is 1. The van der Waals surface area contributed by atoms with E-state index in [0.29, 0.717) is 28.9 Å². The maximum atomic E-state index is 14.5. The summed E-state index contributed by atoms with van der Waals surface area (Å²) in [5.74, 6) is -4.13. The molecule has 2 atom stereocenters. The van der Waals surface area contributed by atoms with Gasteiger partial charge in [0.2, 0.25) is 11.6 Å². The molecule has 2 aliphatic rings. The molecular weight excluding hydrogens is 669 g/mol. The van der Waals surface area contributed by atoms with Gasteiger partial charge in [0.05, 0.1) is 5.65 Å². The van der Waals surface area contributed by atoms with Gasteiger partial charge in [-0.15, -0.1) is 7.05 Å². The summed E-state index contributed by atoms with van der Waals surface area (Å²) in [6, 6.07) is 4.79. The van der Waals surface area contributed by atoms with Crippen molar-refractivity contribution in [2.75, 3.05) is 26.2 Å². The second-order valence-corrected chi connectivity index (χ2v) is 11.9. The van der Waals surface area contributed by atoms with E-state index < -0.39 is 62.6 Å². The van der Waals surface area contributed by atoms with Crippen LogP contribution in [0.3, 0.4) is 0 Å². The van der Waals surface area contributed by atoms with Gasteiger partial charge in [-0.3, -0.25) is 4.79 Å². The Kier molecular flexibility index (Phi) is 12.7. The Labute approximate surface area is 286 Å². The van der Waals surface area contributed by atoms with E-state index in [-0.39, 0.29) is 72.8 Å². The van der Waals surface area contributed by atoms with Crippen molar-refractivity contribution in [1.82, 2.24) is 29.2 Å². The largest absolute Gasteiger partial charge is 1.00 e. The molecule has 2 saturated heterocycles. The molecule has 1 aromatic carbocycles. The molecule has 0 bridgehead atoms. The summed E-state index contributed by atoms with van der Waals surface area (Å²) in [6.45, 7) is -1.59. The molecule has 0 spiro atoms. The van der Waals surface area contributed by atoms with Crippen molar-refractivity contribution >= 4 is 30.9 Å². The van der Waals surface area contributed by atoms with Gasteiger partial charge in [-0.25, -0.2) is 18.1 Å². The van der Waals surface area contributed by atoms with Crippen molar-refractivity contribution in [3.05, 3.63) is 71.3 Å². The molecule has 0 saturated carbocycles. The zero-order valence-electron chi connectivity index (χ0n) is 25.1. The molecule has 3 amide bonds. The minimum absolute atomic E-state index is 0. The molecule has 2 aliphatic heterocycles. The topological polar surface area (TPSA) is 170 Å². The molecule has 0 unspecified atom stereocenters. The van der Waals surface area contributed by atoms with E-state index in [1.807, 2.05) is 0 Å². The molecule has 4 N–H and O–H groups in total. The number of imidazole rings is 1. The average Bonchev–Trinajstić information content (AvgIpc) is 3.13. The van der Waals surface area contributed by atoms with Crippen LogP contribution in [0.5, 0.6) is 0 Å². The summed E-state index contributed by atoms with van der Waals surface area (Å²) in [5, 5.41) is 2.56. The number of benzene rings is 1. The number of aromatic nitrogens is 3. The van der Waals surface area contributed by atoms with Crippen LogP contribution in [0.2, 0.25) is 0 Å². The molecular formula is C27H31F5N6NaO7P. The fraction of sp³-hybridized carbons (Fsp3) is 0.444. The fourth-order valence-electron chi connectivity index (χ4n) is 5.77. The number of fused-ring (bicyclic) bond motifs is 1. The van der Waals surface area contributed by atoms with E-state index in [9.17, 15) is 36.3 Å².